The molecule has 0 radical (unpaired) electrons. The second kappa shape index (κ2) is 5.25. The van der Waals surface area contributed by atoms with E-state index in [1.54, 1.807) is 28.9 Å². The van der Waals surface area contributed by atoms with Crippen LogP contribution in [0.25, 0.3) is 5.65 Å². The molecule has 0 saturated carbocycles. The van der Waals surface area contributed by atoms with Gasteiger partial charge in [0.05, 0.1) is 23.1 Å². The molecule has 0 aliphatic carbocycles. The molecule has 0 unspecified atom stereocenters. The lowest BCUT2D eigenvalue weighted by Crippen LogP contribution is -2.05. The van der Waals surface area contributed by atoms with Crippen molar-refractivity contribution < 1.29 is 17.9 Å². The van der Waals surface area contributed by atoms with E-state index in [0.717, 1.165) is 12.1 Å². The number of benzene rings is 1. The molecule has 2 heterocycles. The SMILES string of the molecule is Nc1cccn2c(COc3cccc(C(F)(F)F)c3)cnc12. The monoisotopic (exact) mass is 307 g/mol. The molecule has 22 heavy (non-hydrogen) atoms. The molecule has 4 nitrogen and oxygen atoms in total. The molecular weight excluding hydrogens is 295 g/mol. The topological polar surface area (TPSA) is 52.5 Å². The van der Waals surface area contributed by atoms with Gasteiger partial charge in [-0.3, -0.25) is 4.40 Å². The first-order valence-electron chi connectivity index (χ1n) is 6.45. The minimum absolute atomic E-state index is 0.0892. The van der Waals surface area contributed by atoms with Crippen LogP contribution in [0.1, 0.15) is 11.3 Å². The Morgan fingerprint density at radius 3 is 2.77 bits per heavy atom. The van der Waals surface area contributed by atoms with E-state index >= 15 is 0 Å². The number of hydrogen-bond acceptors (Lipinski definition) is 3. The summed E-state index contributed by atoms with van der Waals surface area (Å²) in [4.78, 5) is 4.17. The molecule has 3 aromatic rings. The molecular formula is C15H12F3N3O. The highest BCUT2D eigenvalue weighted by molar-refractivity contribution is 5.64. The zero-order valence-corrected chi connectivity index (χ0v) is 11.3. The normalized spacial score (nSPS) is 11.8. The van der Waals surface area contributed by atoms with Crippen molar-refractivity contribution in [2.75, 3.05) is 5.73 Å². The van der Waals surface area contributed by atoms with Crippen LogP contribution in [-0.4, -0.2) is 9.38 Å². The second-order valence-corrected chi connectivity index (χ2v) is 4.72. The van der Waals surface area contributed by atoms with Crippen LogP contribution in [0.5, 0.6) is 5.75 Å². The fraction of sp³-hybridized carbons (Fsp3) is 0.133. The van der Waals surface area contributed by atoms with Gasteiger partial charge in [-0.1, -0.05) is 6.07 Å². The van der Waals surface area contributed by atoms with Crippen molar-refractivity contribution in [2.45, 2.75) is 12.8 Å². The first kappa shape index (κ1) is 14.2. The molecule has 0 fully saturated rings. The third-order valence-electron chi connectivity index (χ3n) is 3.19. The number of pyridine rings is 1. The molecule has 2 aromatic heterocycles. The molecule has 0 aliphatic heterocycles. The van der Waals surface area contributed by atoms with Crippen molar-refractivity contribution in [3.05, 3.63) is 60.0 Å². The number of anilines is 1. The van der Waals surface area contributed by atoms with Crippen molar-refractivity contribution in [2.24, 2.45) is 0 Å². The van der Waals surface area contributed by atoms with Crippen molar-refractivity contribution in [1.82, 2.24) is 9.38 Å². The van der Waals surface area contributed by atoms with Gasteiger partial charge in [0, 0.05) is 6.20 Å². The van der Waals surface area contributed by atoms with Crippen LogP contribution in [0.15, 0.2) is 48.8 Å². The van der Waals surface area contributed by atoms with Gasteiger partial charge in [-0.15, -0.1) is 0 Å². The maximum absolute atomic E-state index is 12.7. The Kier molecular flexibility index (Phi) is 3.40. The van der Waals surface area contributed by atoms with Gasteiger partial charge in [-0.25, -0.2) is 4.98 Å². The Morgan fingerprint density at radius 2 is 2.00 bits per heavy atom. The number of ether oxygens (including phenoxy) is 1. The van der Waals surface area contributed by atoms with Crippen LogP contribution >= 0.6 is 0 Å². The van der Waals surface area contributed by atoms with Crippen LogP contribution in [0, 0.1) is 0 Å². The first-order chi connectivity index (χ1) is 10.4. The van der Waals surface area contributed by atoms with E-state index in [2.05, 4.69) is 4.98 Å². The van der Waals surface area contributed by atoms with E-state index in [9.17, 15) is 13.2 Å². The van der Waals surface area contributed by atoms with Crippen LogP contribution in [0.2, 0.25) is 0 Å². The van der Waals surface area contributed by atoms with Gasteiger partial charge in [0.1, 0.15) is 12.4 Å². The molecule has 0 bridgehead atoms. The molecule has 0 saturated heterocycles. The predicted molar refractivity (Wildman–Crippen MR) is 75.4 cm³/mol. The van der Waals surface area contributed by atoms with Crippen LogP contribution < -0.4 is 10.5 Å². The summed E-state index contributed by atoms with van der Waals surface area (Å²) in [5.41, 5.74) is 6.86. The van der Waals surface area contributed by atoms with Gasteiger partial charge in [-0.2, -0.15) is 13.2 Å². The highest BCUT2D eigenvalue weighted by Crippen LogP contribution is 2.31. The van der Waals surface area contributed by atoms with E-state index in [1.807, 2.05) is 0 Å². The smallest absolute Gasteiger partial charge is 0.416 e. The summed E-state index contributed by atoms with van der Waals surface area (Å²) in [6.07, 6.45) is -1.04. The summed E-state index contributed by atoms with van der Waals surface area (Å²) in [5, 5.41) is 0. The highest BCUT2D eigenvalue weighted by atomic mass is 19.4. The average Bonchev–Trinajstić information content (AvgIpc) is 2.89. The Bertz CT molecular complexity index is 811. The Morgan fingerprint density at radius 1 is 1.18 bits per heavy atom. The van der Waals surface area contributed by atoms with Crippen LogP contribution in [0.3, 0.4) is 0 Å². The van der Waals surface area contributed by atoms with E-state index in [1.165, 1.54) is 12.1 Å². The van der Waals surface area contributed by atoms with Gasteiger partial charge in [0.25, 0.3) is 0 Å². The molecule has 1 aromatic carbocycles. The fourth-order valence-electron chi connectivity index (χ4n) is 2.11. The van der Waals surface area contributed by atoms with Gasteiger partial charge in [-0.05, 0) is 30.3 Å². The molecule has 2 N–H and O–H groups in total. The largest absolute Gasteiger partial charge is 0.487 e. The Balaban J connectivity index is 1.81. The lowest BCUT2D eigenvalue weighted by Gasteiger charge is -2.10. The number of nitrogen functional groups attached to an aromatic ring is 1. The third kappa shape index (κ3) is 2.69. The lowest BCUT2D eigenvalue weighted by molar-refractivity contribution is -0.137. The quantitative estimate of drug-likeness (QED) is 0.805. The highest BCUT2D eigenvalue weighted by Gasteiger charge is 2.30. The van der Waals surface area contributed by atoms with E-state index in [4.69, 9.17) is 10.5 Å². The van der Waals surface area contributed by atoms with Crippen molar-refractivity contribution in [3.63, 3.8) is 0 Å². The average molecular weight is 307 g/mol. The summed E-state index contributed by atoms with van der Waals surface area (Å²) in [5.74, 6) is 0.147. The minimum Gasteiger partial charge on any atom is -0.487 e. The summed E-state index contributed by atoms with van der Waals surface area (Å²) < 4.78 is 45.1. The van der Waals surface area contributed by atoms with Gasteiger partial charge in [0.2, 0.25) is 0 Å². The number of alkyl halides is 3. The maximum Gasteiger partial charge on any atom is 0.416 e. The number of hydrogen-bond donors (Lipinski definition) is 1. The zero-order valence-electron chi connectivity index (χ0n) is 11.3. The standard InChI is InChI=1S/C15H12F3N3O/c16-15(17,18)10-3-1-4-12(7-10)22-9-11-8-20-14-13(19)5-2-6-21(11)14/h1-8H,9,19H2. The molecule has 114 valence electrons. The Hall–Kier alpha value is -2.70. The maximum atomic E-state index is 12.7. The summed E-state index contributed by atoms with van der Waals surface area (Å²) in [7, 11) is 0. The van der Waals surface area contributed by atoms with Crippen molar-refractivity contribution in [3.8, 4) is 5.75 Å². The van der Waals surface area contributed by atoms with E-state index in [-0.39, 0.29) is 12.4 Å². The Labute approximate surface area is 124 Å². The molecule has 3 rings (SSSR count). The van der Waals surface area contributed by atoms with Crippen molar-refractivity contribution in [1.29, 1.82) is 0 Å². The number of fused-ring (bicyclic) bond motifs is 1. The van der Waals surface area contributed by atoms with Gasteiger partial charge < -0.3 is 10.5 Å². The van der Waals surface area contributed by atoms with Crippen LogP contribution in [-0.2, 0) is 12.8 Å². The molecule has 0 spiro atoms. The number of imidazole rings is 1. The van der Waals surface area contributed by atoms with Crippen LogP contribution in [0.4, 0.5) is 18.9 Å². The molecule has 0 aliphatic rings. The molecule has 0 amide bonds. The van der Waals surface area contributed by atoms with E-state index < -0.39 is 11.7 Å². The van der Waals surface area contributed by atoms with Crippen molar-refractivity contribution >= 4 is 11.3 Å². The van der Waals surface area contributed by atoms with Gasteiger partial charge >= 0.3 is 6.18 Å². The summed E-state index contributed by atoms with van der Waals surface area (Å²) in [6.45, 7) is 0.0892. The minimum atomic E-state index is -4.39. The van der Waals surface area contributed by atoms with E-state index in [0.29, 0.717) is 17.0 Å². The first-order valence-corrected chi connectivity index (χ1v) is 6.45. The number of halogens is 3. The summed E-state index contributed by atoms with van der Waals surface area (Å²) in [6, 6.07) is 8.24. The second-order valence-electron chi connectivity index (χ2n) is 4.72. The number of rotatable bonds is 3. The zero-order chi connectivity index (χ0) is 15.7. The third-order valence-corrected chi connectivity index (χ3v) is 3.19. The fourth-order valence-corrected chi connectivity index (χ4v) is 2.11. The number of nitrogens with two attached hydrogens (primary N) is 1. The lowest BCUT2D eigenvalue weighted by atomic mass is 10.2. The molecule has 7 heteroatoms. The number of nitrogens with zero attached hydrogens (tertiary/aromatic N) is 2. The number of aromatic nitrogens is 2. The predicted octanol–water partition coefficient (Wildman–Crippen LogP) is 3.51. The molecule has 0 atom stereocenters. The summed E-state index contributed by atoms with van der Waals surface area (Å²) >= 11 is 0. The van der Waals surface area contributed by atoms with Gasteiger partial charge in [0.15, 0.2) is 5.65 Å².